The maximum atomic E-state index is 13.0. The number of benzene rings is 1. The molecule has 0 unspecified atom stereocenters. The van der Waals surface area contributed by atoms with Gasteiger partial charge in [0.05, 0.1) is 0 Å². The maximum Gasteiger partial charge on any atom is 0.421 e. The Morgan fingerprint density at radius 1 is 1.10 bits per heavy atom. The summed E-state index contributed by atoms with van der Waals surface area (Å²) in [5.74, 6) is 0.0975. The van der Waals surface area contributed by atoms with Crippen LogP contribution in [0.1, 0.15) is 28.7 Å². The van der Waals surface area contributed by atoms with Crippen molar-refractivity contribution in [1.29, 1.82) is 0 Å². The molecule has 1 aliphatic rings. The minimum atomic E-state index is -4.47. The minimum absolute atomic E-state index is 0.386. The van der Waals surface area contributed by atoms with Gasteiger partial charge < -0.3 is 4.74 Å². The molecule has 5 heteroatoms. The van der Waals surface area contributed by atoms with Crippen LogP contribution in [0.5, 0.6) is 11.6 Å². The maximum absolute atomic E-state index is 13.0. The lowest BCUT2D eigenvalue weighted by Crippen LogP contribution is -2.08. The largest absolute Gasteiger partial charge is 0.438 e. The van der Waals surface area contributed by atoms with Gasteiger partial charge in [0.2, 0.25) is 5.88 Å². The van der Waals surface area contributed by atoms with Crippen LogP contribution in [0.25, 0.3) is 0 Å². The van der Waals surface area contributed by atoms with Crippen LogP contribution in [0.3, 0.4) is 0 Å². The molecule has 21 heavy (non-hydrogen) atoms. The Morgan fingerprint density at radius 3 is 2.62 bits per heavy atom. The SMILES string of the molecule is Cc1ccc(Oc2ncccc2C(F)(F)F)c2c1CCC2. The highest BCUT2D eigenvalue weighted by Gasteiger charge is 2.35. The van der Waals surface area contributed by atoms with Crippen LogP contribution in [0.2, 0.25) is 0 Å². The van der Waals surface area contributed by atoms with E-state index >= 15 is 0 Å². The highest BCUT2D eigenvalue weighted by molar-refractivity contribution is 5.49. The molecule has 1 aliphatic carbocycles. The summed E-state index contributed by atoms with van der Waals surface area (Å²) in [6, 6.07) is 5.86. The summed E-state index contributed by atoms with van der Waals surface area (Å²) in [6.07, 6.45) is -0.380. The molecule has 0 N–H and O–H groups in total. The number of rotatable bonds is 2. The summed E-state index contributed by atoms with van der Waals surface area (Å²) in [5, 5.41) is 0. The molecule has 0 spiro atoms. The summed E-state index contributed by atoms with van der Waals surface area (Å²) in [5.41, 5.74) is 2.51. The summed E-state index contributed by atoms with van der Waals surface area (Å²) < 4.78 is 44.4. The predicted octanol–water partition coefficient (Wildman–Crippen LogP) is 4.69. The Morgan fingerprint density at radius 2 is 1.86 bits per heavy atom. The lowest BCUT2D eigenvalue weighted by Gasteiger charge is -2.15. The van der Waals surface area contributed by atoms with E-state index in [0.29, 0.717) is 5.75 Å². The highest BCUT2D eigenvalue weighted by Crippen LogP contribution is 2.39. The molecule has 1 aromatic heterocycles. The standard InChI is InChI=1S/C16H14F3NO/c1-10-7-8-14(12-5-2-4-11(10)12)21-15-13(16(17,18)19)6-3-9-20-15/h3,6-9H,2,4-5H2,1H3. The lowest BCUT2D eigenvalue weighted by molar-refractivity contribution is -0.138. The molecule has 2 nitrogen and oxygen atoms in total. The van der Waals surface area contributed by atoms with E-state index in [1.807, 2.05) is 13.0 Å². The molecule has 1 aromatic carbocycles. The van der Waals surface area contributed by atoms with E-state index < -0.39 is 11.7 Å². The van der Waals surface area contributed by atoms with Gasteiger partial charge in [0.15, 0.2) is 0 Å². The number of pyridine rings is 1. The first kappa shape index (κ1) is 13.9. The normalized spacial score (nSPS) is 14.1. The fourth-order valence-corrected chi connectivity index (χ4v) is 2.74. The number of hydrogen-bond donors (Lipinski definition) is 0. The van der Waals surface area contributed by atoms with Crippen LogP contribution in [0.15, 0.2) is 30.5 Å². The van der Waals surface area contributed by atoms with Crippen LogP contribution >= 0.6 is 0 Å². The smallest absolute Gasteiger partial charge is 0.421 e. The zero-order valence-electron chi connectivity index (χ0n) is 11.5. The van der Waals surface area contributed by atoms with E-state index in [1.54, 1.807) is 6.07 Å². The average molecular weight is 293 g/mol. The van der Waals surface area contributed by atoms with Gasteiger partial charge in [-0.1, -0.05) is 6.07 Å². The van der Waals surface area contributed by atoms with Gasteiger partial charge in [-0.2, -0.15) is 13.2 Å². The van der Waals surface area contributed by atoms with Crippen LogP contribution in [0, 0.1) is 6.92 Å². The Bertz CT molecular complexity index is 680. The third-order valence-corrected chi connectivity index (χ3v) is 3.76. The second-order valence-electron chi connectivity index (χ2n) is 5.15. The van der Waals surface area contributed by atoms with Crippen molar-refractivity contribution in [3.8, 4) is 11.6 Å². The minimum Gasteiger partial charge on any atom is -0.438 e. The molecule has 0 bridgehead atoms. The number of ether oxygens (including phenoxy) is 1. The van der Waals surface area contributed by atoms with Crippen molar-refractivity contribution in [2.45, 2.75) is 32.4 Å². The van der Waals surface area contributed by atoms with E-state index in [0.717, 1.165) is 36.5 Å². The number of aryl methyl sites for hydroxylation is 1. The molecule has 3 rings (SSSR count). The Kier molecular flexibility index (Phi) is 3.35. The number of nitrogens with zero attached hydrogens (tertiary/aromatic N) is 1. The zero-order chi connectivity index (χ0) is 15.0. The topological polar surface area (TPSA) is 22.1 Å². The molecule has 110 valence electrons. The molecule has 0 fully saturated rings. The molecule has 0 saturated heterocycles. The summed E-state index contributed by atoms with van der Waals surface area (Å²) in [4.78, 5) is 3.75. The molecular weight excluding hydrogens is 279 g/mol. The first-order valence-corrected chi connectivity index (χ1v) is 6.78. The number of aromatic nitrogens is 1. The monoisotopic (exact) mass is 293 g/mol. The van der Waals surface area contributed by atoms with Gasteiger partial charge in [0, 0.05) is 6.20 Å². The molecule has 2 aromatic rings. The first-order chi connectivity index (χ1) is 9.97. The van der Waals surface area contributed by atoms with Gasteiger partial charge in [-0.25, -0.2) is 4.98 Å². The molecule has 1 heterocycles. The average Bonchev–Trinajstić information content (AvgIpc) is 2.92. The van der Waals surface area contributed by atoms with E-state index in [9.17, 15) is 13.2 Å². The molecule has 0 atom stereocenters. The number of halogens is 3. The molecule has 0 radical (unpaired) electrons. The lowest BCUT2D eigenvalue weighted by atomic mass is 10.0. The van der Waals surface area contributed by atoms with Crippen molar-refractivity contribution in [2.75, 3.05) is 0 Å². The van der Waals surface area contributed by atoms with E-state index in [2.05, 4.69) is 4.98 Å². The zero-order valence-corrected chi connectivity index (χ0v) is 11.5. The Labute approximate surface area is 120 Å². The fraction of sp³-hybridized carbons (Fsp3) is 0.312. The number of alkyl halides is 3. The van der Waals surface area contributed by atoms with Crippen LogP contribution in [-0.2, 0) is 19.0 Å². The van der Waals surface area contributed by atoms with E-state index in [-0.39, 0.29) is 5.88 Å². The number of fused-ring (bicyclic) bond motifs is 1. The number of hydrogen-bond acceptors (Lipinski definition) is 2. The fourth-order valence-electron chi connectivity index (χ4n) is 2.74. The first-order valence-electron chi connectivity index (χ1n) is 6.78. The van der Waals surface area contributed by atoms with Gasteiger partial charge in [-0.15, -0.1) is 0 Å². The molecule has 0 aliphatic heterocycles. The second kappa shape index (κ2) is 5.06. The van der Waals surface area contributed by atoms with Crippen molar-refractivity contribution in [3.63, 3.8) is 0 Å². The van der Waals surface area contributed by atoms with Gasteiger partial charge in [0.1, 0.15) is 11.3 Å². The van der Waals surface area contributed by atoms with Crippen molar-refractivity contribution in [3.05, 3.63) is 52.7 Å². The predicted molar refractivity (Wildman–Crippen MR) is 72.5 cm³/mol. The molecular formula is C16H14F3NO. The van der Waals surface area contributed by atoms with E-state index in [1.165, 1.54) is 17.8 Å². The van der Waals surface area contributed by atoms with Crippen LogP contribution < -0.4 is 4.74 Å². The summed E-state index contributed by atoms with van der Waals surface area (Å²) >= 11 is 0. The summed E-state index contributed by atoms with van der Waals surface area (Å²) in [7, 11) is 0. The van der Waals surface area contributed by atoms with Crippen molar-refractivity contribution >= 4 is 0 Å². The molecule has 0 amide bonds. The van der Waals surface area contributed by atoms with Gasteiger partial charge >= 0.3 is 6.18 Å². The van der Waals surface area contributed by atoms with Crippen molar-refractivity contribution in [1.82, 2.24) is 4.98 Å². The Hall–Kier alpha value is -2.04. The van der Waals surface area contributed by atoms with Crippen LogP contribution in [-0.4, -0.2) is 4.98 Å². The van der Waals surface area contributed by atoms with E-state index in [4.69, 9.17) is 4.74 Å². The van der Waals surface area contributed by atoms with Gasteiger partial charge in [-0.05, 0) is 61.1 Å². The van der Waals surface area contributed by atoms with Gasteiger partial charge in [-0.3, -0.25) is 0 Å². The van der Waals surface area contributed by atoms with Crippen LogP contribution in [0.4, 0.5) is 13.2 Å². The van der Waals surface area contributed by atoms with Crippen molar-refractivity contribution in [2.24, 2.45) is 0 Å². The highest BCUT2D eigenvalue weighted by atomic mass is 19.4. The quantitative estimate of drug-likeness (QED) is 0.801. The van der Waals surface area contributed by atoms with Crippen molar-refractivity contribution < 1.29 is 17.9 Å². The second-order valence-corrected chi connectivity index (χ2v) is 5.15. The third-order valence-electron chi connectivity index (χ3n) is 3.76. The third kappa shape index (κ3) is 2.60. The molecule has 0 saturated carbocycles. The summed E-state index contributed by atoms with van der Waals surface area (Å²) in [6.45, 7) is 2.01. The van der Waals surface area contributed by atoms with Gasteiger partial charge in [0.25, 0.3) is 0 Å². The Balaban J connectivity index is 2.01.